The number of rotatable bonds is 8. The third-order valence-corrected chi connectivity index (χ3v) is 6.72. The molecule has 2 fully saturated rings. The normalized spacial score (nSPS) is 17.8. The fourth-order valence-corrected chi connectivity index (χ4v) is 4.86. The number of nitrogens with zero attached hydrogens (tertiary/aromatic N) is 4. The number of ether oxygens (including phenoxy) is 2. The maximum Gasteiger partial charge on any atom is 0.410 e. The van der Waals surface area contributed by atoms with Crippen LogP contribution in [0.25, 0.3) is 11.4 Å². The second-order valence-corrected chi connectivity index (χ2v) is 10.9. The number of carbonyl (C=O) groups excluding carboxylic acids is 1. The van der Waals surface area contributed by atoms with E-state index in [9.17, 15) is 9.18 Å². The fourth-order valence-electron chi connectivity index (χ4n) is 4.86. The average Bonchev–Trinajstić information content (AvgIpc) is 3.44. The standard InChI is InChI=1S/C27H39FN4O4/c1-27(2,3)35-26(33)32-14-6-12-31(15-16-32)13-7-17-34-21-10-11-22(23(28)19-21)25-29-24(36-30-25)18-20-8-4-5-9-20/h10-11,19-20H,4-9,12-18H2,1-3H3. The summed E-state index contributed by atoms with van der Waals surface area (Å²) in [7, 11) is 0. The van der Waals surface area contributed by atoms with Gasteiger partial charge < -0.3 is 23.8 Å². The van der Waals surface area contributed by atoms with Crippen molar-refractivity contribution >= 4 is 6.09 Å². The Morgan fingerprint density at radius 3 is 2.69 bits per heavy atom. The zero-order valence-electron chi connectivity index (χ0n) is 21.8. The van der Waals surface area contributed by atoms with E-state index in [-0.39, 0.29) is 11.9 Å². The third kappa shape index (κ3) is 7.66. The summed E-state index contributed by atoms with van der Waals surface area (Å²) in [5.41, 5.74) is -0.162. The van der Waals surface area contributed by atoms with Crippen molar-refractivity contribution in [3.05, 3.63) is 29.9 Å². The van der Waals surface area contributed by atoms with Gasteiger partial charge in [-0.3, -0.25) is 0 Å². The number of hydrogen-bond acceptors (Lipinski definition) is 7. The maximum absolute atomic E-state index is 14.7. The molecule has 1 amide bonds. The summed E-state index contributed by atoms with van der Waals surface area (Å²) >= 11 is 0. The first-order chi connectivity index (χ1) is 17.3. The molecule has 36 heavy (non-hydrogen) atoms. The summed E-state index contributed by atoms with van der Waals surface area (Å²) in [4.78, 5) is 20.8. The fraction of sp³-hybridized carbons (Fsp3) is 0.667. The van der Waals surface area contributed by atoms with Gasteiger partial charge in [0, 0.05) is 38.7 Å². The summed E-state index contributed by atoms with van der Waals surface area (Å²) in [6.45, 7) is 10.1. The minimum absolute atomic E-state index is 0.246. The molecule has 1 saturated carbocycles. The first-order valence-electron chi connectivity index (χ1n) is 13.2. The molecule has 2 aromatic rings. The molecule has 0 radical (unpaired) electrons. The number of hydrogen-bond donors (Lipinski definition) is 0. The van der Waals surface area contributed by atoms with Gasteiger partial charge in [0.05, 0.1) is 12.2 Å². The average molecular weight is 503 g/mol. The van der Waals surface area contributed by atoms with E-state index in [2.05, 4.69) is 15.0 Å². The van der Waals surface area contributed by atoms with Crippen LogP contribution in [0, 0.1) is 11.7 Å². The van der Waals surface area contributed by atoms with Crippen LogP contribution in [0.5, 0.6) is 5.75 Å². The zero-order valence-corrected chi connectivity index (χ0v) is 21.8. The van der Waals surface area contributed by atoms with Crippen molar-refractivity contribution in [3.63, 3.8) is 0 Å². The van der Waals surface area contributed by atoms with Gasteiger partial charge in [-0.05, 0) is 71.0 Å². The monoisotopic (exact) mass is 502 g/mol. The lowest BCUT2D eigenvalue weighted by Crippen LogP contribution is -2.39. The number of carbonyl (C=O) groups is 1. The Morgan fingerprint density at radius 2 is 1.94 bits per heavy atom. The molecule has 1 aromatic carbocycles. The zero-order chi connectivity index (χ0) is 25.5. The molecule has 0 N–H and O–H groups in total. The predicted molar refractivity (Wildman–Crippen MR) is 134 cm³/mol. The van der Waals surface area contributed by atoms with Crippen LogP contribution in [-0.4, -0.2) is 71.0 Å². The molecule has 1 aliphatic carbocycles. The Hall–Kier alpha value is -2.68. The molecule has 198 valence electrons. The summed E-state index contributed by atoms with van der Waals surface area (Å²) in [5, 5.41) is 3.98. The molecule has 9 heteroatoms. The van der Waals surface area contributed by atoms with Crippen molar-refractivity contribution in [2.75, 3.05) is 39.3 Å². The largest absolute Gasteiger partial charge is 0.493 e. The van der Waals surface area contributed by atoms with Gasteiger partial charge in [-0.25, -0.2) is 9.18 Å². The van der Waals surface area contributed by atoms with Crippen LogP contribution in [0.15, 0.2) is 22.7 Å². The smallest absolute Gasteiger partial charge is 0.410 e. The van der Waals surface area contributed by atoms with Crippen LogP contribution in [0.1, 0.15) is 65.2 Å². The van der Waals surface area contributed by atoms with Crippen molar-refractivity contribution in [3.8, 4) is 17.1 Å². The molecule has 4 rings (SSSR count). The van der Waals surface area contributed by atoms with Crippen molar-refractivity contribution in [2.45, 2.75) is 71.3 Å². The molecule has 1 aromatic heterocycles. The lowest BCUT2D eigenvalue weighted by Gasteiger charge is -2.26. The number of aromatic nitrogens is 2. The molecular weight excluding hydrogens is 463 g/mol. The highest BCUT2D eigenvalue weighted by atomic mass is 19.1. The molecule has 0 bridgehead atoms. The predicted octanol–water partition coefficient (Wildman–Crippen LogP) is 5.32. The van der Waals surface area contributed by atoms with Crippen LogP contribution in [0.2, 0.25) is 0 Å². The minimum atomic E-state index is -0.485. The molecule has 1 aliphatic heterocycles. The Morgan fingerprint density at radius 1 is 1.14 bits per heavy atom. The Kier molecular flexibility index (Phi) is 8.82. The molecular formula is C27H39FN4O4. The van der Waals surface area contributed by atoms with Crippen molar-refractivity contribution < 1.29 is 23.2 Å². The molecule has 8 nitrogen and oxygen atoms in total. The molecule has 0 atom stereocenters. The van der Waals surface area contributed by atoms with E-state index in [1.54, 1.807) is 17.0 Å². The molecule has 2 aliphatic rings. The van der Waals surface area contributed by atoms with E-state index in [0.29, 0.717) is 42.8 Å². The Balaban J connectivity index is 1.19. The highest BCUT2D eigenvalue weighted by molar-refractivity contribution is 5.68. The van der Waals surface area contributed by atoms with Crippen LogP contribution < -0.4 is 4.74 Å². The highest BCUT2D eigenvalue weighted by Gasteiger charge is 2.24. The topological polar surface area (TPSA) is 80.9 Å². The molecule has 1 saturated heterocycles. The SMILES string of the molecule is CC(C)(C)OC(=O)N1CCCN(CCCOc2ccc(-c3noc(CC4CCCC4)n3)c(F)c2)CC1. The van der Waals surface area contributed by atoms with Gasteiger partial charge in [0.2, 0.25) is 11.7 Å². The van der Waals surface area contributed by atoms with Gasteiger partial charge in [-0.2, -0.15) is 4.98 Å². The van der Waals surface area contributed by atoms with Gasteiger partial charge in [0.25, 0.3) is 0 Å². The van der Waals surface area contributed by atoms with Crippen LogP contribution >= 0.6 is 0 Å². The van der Waals surface area contributed by atoms with E-state index in [1.165, 1.54) is 31.7 Å². The second kappa shape index (κ2) is 12.0. The molecule has 0 unspecified atom stereocenters. The maximum atomic E-state index is 14.7. The van der Waals surface area contributed by atoms with Crippen LogP contribution in [0.3, 0.4) is 0 Å². The summed E-state index contributed by atoms with van der Waals surface area (Å²) in [6.07, 6.45) is 7.14. The van der Waals surface area contributed by atoms with Crippen LogP contribution in [-0.2, 0) is 11.2 Å². The quantitative estimate of drug-likeness (QED) is 0.452. The van der Waals surface area contributed by atoms with E-state index in [0.717, 1.165) is 38.9 Å². The van der Waals surface area contributed by atoms with Crippen molar-refractivity contribution in [1.82, 2.24) is 19.9 Å². The summed E-state index contributed by atoms with van der Waals surface area (Å²) in [6, 6.07) is 4.78. The Labute approximate surface area is 213 Å². The van der Waals surface area contributed by atoms with Gasteiger partial charge in [0.15, 0.2) is 0 Å². The van der Waals surface area contributed by atoms with E-state index in [1.807, 2.05) is 20.8 Å². The van der Waals surface area contributed by atoms with E-state index in [4.69, 9.17) is 14.0 Å². The number of benzene rings is 1. The first kappa shape index (κ1) is 26.4. The van der Waals surface area contributed by atoms with Gasteiger partial charge >= 0.3 is 6.09 Å². The van der Waals surface area contributed by atoms with Crippen molar-refractivity contribution in [1.29, 1.82) is 0 Å². The van der Waals surface area contributed by atoms with Gasteiger partial charge in [0.1, 0.15) is 17.2 Å². The molecule has 0 spiro atoms. The second-order valence-electron chi connectivity index (χ2n) is 10.9. The van der Waals surface area contributed by atoms with Crippen LogP contribution in [0.4, 0.5) is 9.18 Å². The number of amides is 1. The Bertz CT molecular complexity index is 1000. The van der Waals surface area contributed by atoms with E-state index < -0.39 is 11.4 Å². The van der Waals surface area contributed by atoms with Crippen molar-refractivity contribution in [2.24, 2.45) is 5.92 Å². The summed E-state index contributed by atoms with van der Waals surface area (Å²) < 4.78 is 31.4. The minimum Gasteiger partial charge on any atom is -0.493 e. The lowest BCUT2D eigenvalue weighted by atomic mass is 10.0. The van der Waals surface area contributed by atoms with E-state index >= 15 is 0 Å². The summed E-state index contributed by atoms with van der Waals surface area (Å²) in [5.74, 6) is 1.53. The van der Waals surface area contributed by atoms with Gasteiger partial charge in [-0.15, -0.1) is 0 Å². The number of halogens is 1. The lowest BCUT2D eigenvalue weighted by molar-refractivity contribution is 0.0257. The van der Waals surface area contributed by atoms with Gasteiger partial charge in [-0.1, -0.05) is 18.0 Å². The third-order valence-electron chi connectivity index (χ3n) is 6.72. The molecule has 2 heterocycles. The first-order valence-corrected chi connectivity index (χ1v) is 13.2. The highest BCUT2D eigenvalue weighted by Crippen LogP contribution is 2.29.